The molecule has 0 spiro atoms. The highest BCUT2D eigenvalue weighted by atomic mass is 35.5. The van der Waals surface area contributed by atoms with Crippen LogP contribution in [0.25, 0.3) is 5.69 Å². The average Bonchev–Trinajstić information content (AvgIpc) is 2.66. The molecular weight excluding hydrogens is 409 g/mol. The molecule has 0 saturated carbocycles. The zero-order chi connectivity index (χ0) is 20.3. The molecule has 0 aliphatic carbocycles. The van der Waals surface area contributed by atoms with Crippen molar-refractivity contribution in [3.05, 3.63) is 69.2 Å². The molecule has 156 valence electrons. The van der Waals surface area contributed by atoms with Gasteiger partial charge in [0.1, 0.15) is 0 Å². The van der Waals surface area contributed by atoms with Gasteiger partial charge in [-0.1, -0.05) is 23.8 Å². The topological polar surface area (TPSA) is 76.0 Å². The van der Waals surface area contributed by atoms with Gasteiger partial charge in [-0.3, -0.25) is 9.59 Å². The van der Waals surface area contributed by atoms with Crippen molar-refractivity contribution < 1.29 is 18.0 Å². The summed E-state index contributed by atoms with van der Waals surface area (Å²) in [6.07, 6.45) is -1.88. The first kappa shape index (κ1) is 22.6. The quantitative estimate of drug-likeness (QED) is 0.734. The number of nitrogens with one attached hydrogen (secondary N) is 2. The van der Waals surface area contributed by atoms with Crippen LogP contribution in [0.4, 0.5) is 13.2 Å². The Labute approximate surface area is 171 Å². The molecule has 1 amide bonds. The third-order valence-corrected chi connectivity index (χ3v) is 4.39. The predicted octanol–water partition coefficient (Wildman–Crippen LogP) is 2.63. The Morgan fingerprint density at radius 2 is 2.03 bits per heavy atom. The molecule has 10 heteroatoms. The SMILES string of the molecule is Cc1cc(=O)c(C(=O)NCC2=CCNCC2)nn1-c1ccccc1C(F)(F)F.Cl. The Balaban J connectivity index is 0.00000300. The predicted molar refractivity (Wildman–Crippen MR) is 105 cm³/mol. The van der Waals surface area contributed by atoms with E-state index < -0.39 is 28.8 Å². The van der Waals surface area contributed by atoms with Crippen LogP contribution in [-0.2, 0) is 6.18 Å². The Morgan fingerprint density at radius 3 is 2.69 bits per heavy atom. The van der Waals surface area contributed by atoms with Crippen LogP contribution in [0.5, 0.6) is 0 Å². The number of carbonyl (C=O) groups is 1. The maximum Gasteiger partial charge on any atom is 0.418 e. The molecule has 2 heterocycles. The second-order valence-corrected chi connectivity index (χ2v) is 6.42. The fourth-order valence-electron chi connectivity index (χ4n) is 2.95. The first-order valence-corrected chi connectivity index (χ1v) is 8.72. The summed E-state index contributed by atoms with van der Waals surface area (Å²) in [6, 6.07) is 5.99. The summed E-state index contributed by atoms with van der Waals surface area (Å²) in [7, 11) is 0. The van der Waals surface area contributed by atoms with Crippen molar-refractivity contribution in [1.82, 2.24) is 20.4 Å². The molecule has 0 radical (unpaired) electrons. The van der Waals surface area contributed by atoms with Gasteiger partial charge in [0.25, 0.3) is 5.91 Å². The van der Waals surface area contributed by atoms with Crippen molar-refractivity contribution in [3.63, 3.8) is 0 Å². The summed E-state index contributed by atoms with van der Waals surface area (Å²) >= 11 is 0. The van der Waals surface area contributed by atoms with E-state index in [-0.39, 0.29) is 30.3 Å². The minimum atomic E-state index is -4.60. The normalized spacial score (nSPS) is 14.0. The highest BCUT2D eigenvalue weighted by Gasteiger charge is 2.34. The lowest BCUT2D eigenvalue weighted by atomic mass is 10.1. The van der Waals surface area contributed by atoms with Crippen LogP contribution < -0.4 is 16.1 Å². The molecule has 1 aliphatic heterocycles. The van der Waals surface area contributed by atoms with E-state index >= 15 is 0 Å². The second kappa shape index (κ2) is 9.23. The van der Waals surface area contributed by atoms with Crippen LogP contribution in [-0.4, -0.2) is 35.3 Å². The number of alkyl halides is 3. The molecule has 29 heavy (non-hydrogen) atoms. The lowest BCUT2D eigenvalue weighted by Crippen LogP contribution is -2.34. The van der Waals surface area contributed by atoms with Gasteiger partial charge in [0, 0.05) is 24.8 Å². The molecule has 1 aliphatic rings. The van der Waals surface area contributed by atoms with Crippen LogP contribution in [0.15, 0.2) is 46.8 Å². The van der Waals surface area contributed by atoms with Crippen molar-refractivity contribution in [1.29, 1.82) is 0 Å². The largest absolute Gasteiger partial charge is 0.418 e. The summed E-state index contributed by atoms with van der Waals surface area (Å²) in [6.45, 7) is 3.22. The molecule has 1 aromatic heterocycles. The summed E-state index contributed by atoms with van der Waals surface area (Å²) in [4.78, 5) is 24.6. The number of hydrogen-bond donors (Lipinski definition) is 2. The maximum atomic E-state index is 13.3. The minimum absolute atomic E-state index is 0. The lowest BCUT2D eigenvalue weighted by Gasteiger charge is -2.17. The number of rotatable bonds is 4. The zero-order valence-electron chi connectivity index (χ0n) is 15.5. The number of hydrogen-bond acceptors (Lipinski definition) is 4. The van der Waals surface area contributed by atoms with Gasteiger partial charge >= 0.3 is 6.18 Å². The van der Waals surface area contributed by atoms with Crippen LogP contribution in [0.3, 0.4) is 0 Å². The Hall–Kier alpha value is -2.65. The number of nitrogens with zero attached hydrogens (tertiary/aromatic N) is 2. The number of para-hydroxylation sites is 1. The van der Waals surface area contributed by atoms with E-state index in [9.17, 15) is 22.8 Å². The smallest absolute Gasteiger partial charge is 0.347 e. The molecule has 0 atom stereocenters. The molecule has 1 aromatic carbocycles. The zero-order valence-corrected chi connectivity index (χ0v) is 16.4. The number of carbonyl (C=O) groups excluding carboxylic acids is 1. The fourth-order valence-corrected chi connectivity index (χ4v) is 2.95. The van der Waals surface area contributed by atoms with Crippen molar-refractivity contribution in [3.8, 4) is 5.69 Å². The number of aryl methyl sites for hydroxylation is 1. The van der Waals surface area contributed by atoms with Gasteiger partial charge in [0.15, 0.2) is 5.69 Å². The van der Waals surface area contributed by atoms with E-state index in [1.807, 2.05) is 6.08 Å². The maximum absolute atomic E-state index is 13.3. The summed E-state index contributed by atoms with van der Waals surface area (Å²) < 4.78 is 41.0. The van der Waals surface area contributed by atoms with Gasteiger partial charge in [0.05, 0.1) is 11.3 Å². The number of benzene rings is 1. The molecule has 6 nitrogen and oxygen atoms in total. The van der Waals surface area contributed by atoms with Gasteiger partial charge < -0.3 is 10.6 Å². The van der Waals surface area contributed by atoms with Gasteiger partial charge in [-0.15, -0.1) is 12.4 Å². The first-order valence-electron chi connectivity index (χ1n) is 8.72. The minimum Gasteiger partial charge on any atom is -0.347 e. The van der Waals surface area contributed by atoms with E-state index in [4.69, 9.17) is 0 Å². The van der Waals surface area contributed by atoms with Crippen molar-refractivity contribution in [2.24, 2.45) is 0 Å². The van der Waals surface area contributed by atoms with Gasteiger partial charge in [0.2, 0.25) is 5.43 Å². The van der Waals surface area contributed by atoms with E-state index in [0.29, 0.717) is 6.54 Å². The number of aromatic nitrogens is 2. The molecule has 2 aromatic rings. The van der Waals surface area contributed by atoms with Crippen LogP contribution in [0, 0.1) is 6.92 Å². The third kappa shape index (κ3) is 5.24. The Bertz CT molecular complexity index is 986. The van der Waals surface area contributed by atoms with E-state index in [1.165, 1.54) is 25.1 Å². The molecular formula is C19H20ClF3N4O2. The van der Waals surface area contributed by atoms with E-state index in [2.05, 4.69) is 15.7 Å². The summed E-state index contributed by atoms with van der Waals surface area (Å²) in [5.74, 6) is -0.720. The van der Waals surface area contributed by atoms with Crippen LogP contribution in [0.1, 0.15) is 28.2 Å². The number of halogens is 4. The van der Waals surface area contributed by atoms with Crippen LogP contribution in [0.2, 0.25) is 0 Å². The monoisotopic (exact) mass is 428 g/mol. The van der Waals surface area contributed by atoms with Crippen molar-refractivity contribution >= 4 is 18.3 Å². The molecule has 0 bridgehead atoms. The fraction of sp³-hybridized carbons (Fsp3) is 0.316. The van der Waals surface area contributed by atoms with Gasteiger partial charge in [-0.2, -0.15) is 18.3 Å². The molecule has 3 rings (SSSR count). The molecule has 0 fully saturated rings. The third-order valence-electron chi connectivity index (χ3n) is 4.39. The van der Waals surface area contributed by atoms with Gasteiger partial charge in [-0.05, 0) is 32.0 Å². The van der Waals surface area contributed by atoms with Gasteiger partial charge in [-0.25, -0.2) is 4.68 Å². The summed E-state index contributed by atoms with van der Waals surface area (Å²) in [5.41, 5.74) is -1.03. The standard InChI is InChI=1S/C19H19F3N4O2.ClH/c1-12-10-16(27)17(18(28)24-11-13-6-8-23-9-7-13)25-26(12)15-5-3-2-4-14(15)19(20,21)22;/h2-6,10,23H,7-9,11H2,1H3,(H,24,28);1H. The number of amides is 1. The van der Waals surface area contributed by atoms with Crippen molar-refractivity contribution in [2.75, 3.05) is 19.6 Å². The average molecular weight is 429 g/mol. The first-order chi connectivity index (χ1) is 13.3. The Kier molecular flexibility index (Phi) is 7.21. The van der Waals surface area contributed by atoms with E-state index in [1.54, 1.807) is 0 Å². The summed E-state index contributed by atoms with van der Waals surface area (Å²) in [5, 5.41) is 9.71. The lowest BCUT2D eigenvalue weighted by molar-refractivity contribution is -0.137. The molecule has 0 unspecified atom stereocenters. The Morgan fingerprint density at radius 1 is 1.31 bits per heavy atom. The van der Waals surface area contributed by atoms with Crippen molar-refractivity contribution in [2.45, 2.75) is 19.5 Å². The van der Waals surface area contributed by atoms with Crippen LogP contribution >= 0.6 is 12.4 Å². The highest BCUT2D eigenvalue weighted by molar-refractivity contribution is 5.92. The van der Waals surface area contributed by atoms with E-state index in [0.717, 1.165) is 35.4 Å². The molecule has 0 saturated heterocycles. The highest BCUT2D eigenvalue weighted by Crippen LogP contribution is 2.33. The molecule has 2 N–H and O–H groups in total. The second-order valence-electron chi connectivity index (χ2n) is 6.42.